The Morgan fingerprint density at radius 1 is 0.959 bits per heavy atom. The van der Waals surface area contributed by atoms with Gasteiger partial charge in [-0.25, -0.2) is 0 Å². The fourth-order valence-electron chi connectivity index (χ4n) is 6.67. The van der Waals surface area contributed by atoms with E-state index in [0.29, 0.717) is 60.7 Å². The highest BCUT2D eigenvalue weighted by atomic mass is 16.5. The average Bonchev–Trinajstić information content (AvgIpc) is 3.38. The molecule has 1 heterocycles. The fourth-order valence-corrected chi connectivity index (χ4v) is 6.67. The van der Waals surface area contributed by atoms with Gasteiger partial charge < -0.3 is 39.5 Å². The highest BCUT2D eigenvalue weighted by Crippen LogP contribution is 2.50. The predicted octanol–water partition coefficient (Wildman–Crippen LogP) is 5.47. The summed E-state index contributed by atoms with van der Waals surface area (Å²) in [5.41, 5.74) is 4.06. The summed E-state index contributed by atoms with van der Waals surface area (Å²) in [4.78, 5) is 40.0. The SMILES string of the molecule is CC[C@H](C)[C@@H](Nc1ccc2c(cc1=O)[C@H](NC(C)=O)CCc1cc(OC)c(OC)c(OC)c1-2)C(=O)NCCn1ccc2c(OC)cccc21. The van der Waals surface area contributed by atoms with Gasteiger partial charge in [0, 0.05) is 37.2 Å². The molecule has 4 aromatic rings. The summed E-state index contributed by atoms with van der Waals surface area (Å²) in [5.74, 6) is 1.74. The van der Waals surface area contributed by atoms with Crippen molar-refractivity contribution >= 4 is 28.4 Å². The van der Waals surface area contributed by atoms with Crippen molar-refractivity contribution in [3.63, 3.8) is 0 Å². The Hall–Kier alpha value is -5.19. The van der Waals surface area contributed by atoms with Crippen molar-refractivity contribution < 1.29 is 28.5 Å². The quantitative estimate of drug-likeness (QED) is 0.171. The van der Waals surface area contributed by atoms with Crippen LogP contribution in [0.1, 0.15) is 50.8 Å². The van der Waals surface area contributed by atoms with Gasteiger partial charge in [0.2, 0.25) is 23.0 Å². The largest absolute Gasteiger partial charge is 0.496 e. The smallest absolute Gasteiger partial charge is 0.242 e. The van der Waals surface area contributed by atoms with Gasteiger partial charge in [-0.1, -0.05) is 32.4 Å². The van der Waals surface area contributed by atoms with Gasteiger partial charge >= 0.3 is 0 Å². The minimum atomic E-state index is -0.668. The van der Waals surface area contributed by atoms with Crippen LogP contribution in [0.15, 0.2) is 59.5 Å². The summed E-state index contributed by atoms with van der Waals surface area (Å²) >= 11 is 0. The van der Waals surface area contributed by atoms with Crippen LogP contribution in [0.5, 0.6) is 23.0 Å². The van der Waals surface area contributed by atoms with E-state index in [0.717, 1.165) is 27.8 Å². The molecule has 49 heavy (non-hydrogen) atoms. The number of nitrogens with zero attached hydrogens (tertiary/aromatic N) is 1. The van der Waals surface area contributed by atoms with Crippen molar-refractivity contribution in [1.82, 2.24) is 15.2 Å². The number of hydrogen-bond acceptors (Lipinski definition) is 8. The maximum atomic E-state index is 13.9. The van der Waals surface area contributed by atoms with E-state index in [4.69, 9.17) is 18.9 Å². The molecular formula is C38H46N4O7. The van der Waals surface area contributed by atoms with E-state index in [1.165, 1.54) is 6.92 Å². The lowest BCUT2D eigenvalue weighted by molar-refractivity contribution is -0.123. The van der Waals surface area contributed by atoms with E-state index < -0.39 is 12.1 Å². The molecule has 1 aliphatic rings. The number of fused-ring (bicyclic) bond motifs is 4. The Labute approximate surface area is 286 Å². The number of aryl methyl sites for hydroxylation is 1. The third-order valence-corrected chi connectivity index (χ3v) is 9.37. The summed E-state index contributed by atoms with van der Waals surface area (Å²) in [7, 11) is 6.33. The number of rotatable bonds is 13. The Morgan fingerprint density at radius 2 is 1.71 bits per heavy atom. The topological polar surface area (TPSA) is 129 Å². The lowest BCUT2D eigenvalue weighted by Crippen LogP contribution is -2.45. The lowest BCUT2D eigenvalue weighted by Gasteiger charge is -2.24. The zero-order valence-corrected chi connectivity index (χ0v) is 29.3. The summed E-state index contributed by atoms with van der Waals surface area (Å²) in [6, 6.07) is 13.8. The molecule has 0 saturated heterocycles. The third kappa shape index (κ3) is 7.16. The molecule has 0 saturated carbocycles. The summed E-state index contributed by atoms with van der Waals surface area (Å²) < 4.78 is 24.8. The molecule has 1 aromatic heterocycles. The van der Waals surface area contributed by atoms with Crippen LogP contribution in [0.4, 0.5) is 5.69 Å². The Morgan fingerprint density at radius 3 is 2.39 bits per heavy atom. The molecule has 0 radical (unpaired) electrons. The molecule has 260 valence electrons. The first kappa shape index (κ1) is 35.1. The second-order valence-electron chi connectivity index (χ2n) is 12.3. The number of aromatic nitrogens is 1. The normalized spacial score (nSPS) is 14.8. The van der Waals surface area contributed by atoms with Crippen LogP contribution in [0, 0.1) is 5.92 Å². The predicted molar refractivity (Wildman–Crippen MR) is 191 cm³/mol. The molecule has 3 N–H and O–H groups in total. The standard InChI is InChI=1S/C38H46N4O7/c1-8-22(2)35(38(45)39-17-19-42-18-16-26-30(42)10-9-11-32(26)46-4)41-29-15-13-25-27(21-31(29)44)28(40-23(3)43)14-12-24-20-33(47-5)36(48-6)37(49-7)34(24)25/h9-11,13,15-16,18,20-22,28,35H,8,12,14,17,19H2,1-7H3,(H,39,45)(H,40,43)(H,41,44)/t22-,28+,35+/m0/s1. The number of hydrogen-bond donors (Lipinski definition) is 3. The molecule has 3 aromatic carbocycles. The number of ether oxygens (including phenoxy) is 4. The molecule has 3 atom stereocenters. The van der Waals surface area contributed by atoms with Crippen LogP contribution < -0.4 is 40.3 Å². The van der Waals surface area contributed by atoms with E-state index >= 15 is 0 Å². The number of methoxy groups -OCH3 is 4. The maximum absolute atomic E-state index is 13.9. The van der Waals surface area contributed by atoms with E-state index in [9.17, 15) is 14.4 Å². The van der Waals surface area contributed by atoms with Crippen LogP contribution in [0.3, 0.4) is 0 Å². The molecule has 0 fully saturated rings. The van der Waals surface area contributed by atoms with Gasteiger partial charge in [0.1, 0.15) is 11.8 Å². The molecule has 11 heteroatoms. The number of anilines is 1. The van der Waals surface area contributed by atoms with Gasteiger partial charge in [-0.15, -0.1) is 0 Å². The van der Waals surface area contributed by atoms with Gasteiger partial charge in [0.15, 0.2) is 11.5 Å². The first-order chi connectivity index (χ1) is 23.6. The molecule has 0 bridgehead atoms. The first-order valence-corrected chi connectivity index (χ1v) is 16.6. The number of carbonyl (C=O) groups is 2. The number of carbonyl (C=O) groups excluding carboxylic acids is 2. The van der Waals surface area contributed by atoms with Crippen molar-refractivity contribution in [2.24, 2.45) is 5.92 Å². The Balaban J connectivity index is 1.48. The van der Waals surface area contributed by atoms with Gasteiger partial charge in [0.25, 0.3) is 0 Å². The van der Waals surface area contributed by atoms with Crippen molar-refractivity contribution in [2.45, 2.75) is 58.7 Å². The van der Waals surface area contributed by atoms with Crippen LogP contribution in [-0.2, 0) is 22.6 Å². The van der Waals surface area contributed by atoms with Crippen molar-refractivity contribution in [3.8, 4) is 34.1 Å². The maximum Gasteiger partial charge on any atom is 0.242 e. The van der Waals surface area contributed by atoms with Crippen LogP contribution in [0.2, 0.25) is 0 Å². The third-order valence-electron chi connectivity index (χ3n) is 9.37. The minimum Gasteiger partial charge on any atom is -0.496 e. The van der Waals surface area contributed by atoms with E-state index in [1.807, 2.05) is 56.4 Å². The lowest BCUT2D eigenvalue weighted by atomic mass is 9.95. The van der Waals surface area contributed by atoms with Gasteiger partial charge in [0.05, 0.1) is 45.7 Å². The van der Waals surface area contributed by atoms with Crippen LogP contribution in [-0.4, -0.2) is 57.4 Å². The highest BCUT2D eigenvalue weighted by molar-refractivity contribution is 5.87. The van der Waals surface area contributed by atoms with Crippen molar-refractivity contribution in [3.05, 3.63) is 76.1 Å². The molecule has 0 spiro atoms. The van der Waals surface area contributed by atoms with Gasteiger partial charge in [-0.2, -0.15) is 0 Å². The Bertz CT molecular complexity index is 1900. The highest BCUT2D eigenvalue weighted by Gasteiger charge is 2.30. The molecule has 5 rings (SSSR count). The first-order valence-electron chi connectivity index (χ1n) is 16.6. The molecule has 0 aliphatic heterocycles. The number of amides is 2. The number of benzene rings is 2. The zero-order chi connectivity index (χ0) is 35.2. The van der Waals surface area contributed by atoms with Crippen LogP contribution in [0.25, 0.3) is 22.0 Å². The molecule has 0 unspecified atom stereocenters. The van der Waals surface area contributed by atoms with Crippen molar-refractivity contribution in [1.29, 1.82) is 0 Å². The van der Waals surface area contributed by atoms with E-state index in [-0.39, 0.29) is 28.8 Å². The number of nitrogens with one attached hydrogen (secondary N) is 3. The second kappa shape index (κ2) is 15.4. The molecule has 2 amide bonds. The van der Waals surface area contributed by atoms with Crippen LogP contribution >= 0.6 is 0 Å². The van der Waals surface area contributed by atoms with Crippen molar-refractivity contribution in [2.75, 3.05) is 40.3 Å². The van der Waals surface area contributed by atoms with E-state index in [2.05, 4.69) is 20.5 Å². The fraction of sp³-hybridized carbons (Fsp3) is 0.395. The zero-order valence-electron chi connectivity index (χ0n) is 29.3. The monoisotopic (exact) mass is 670 g/mol. The summed E-state index contributed by atoms with van der Waals surface area (Å²) in [5, 5.41) is 10.4. The molecule has 11 nitrogen and oxygen atoms in total. The average molecular weight is 671 g/mol. The summed E-state index contributed by atoms with van der Waals surface area (Å²) in [6.45, 7) is 6.42. The Kier molecular flexibility index (Phi) is 11.0. The second-order valence-corrected chi connectivity index (χ2v) is 12.3. The summed E-state index contributed by atoms with van der Waals surface area (Å²) in [6.07, 6.45) is 3.84. The van der Waals surface area contributed by atoms with Gasteiger partial charge in [-0.3, -0.25) is 14.4 Å². The molecule has 1 aliphatic carbocycles. The van der Waals surface area contributed by atoms with Gasteiger partial charge in [-0.05, 0) is 71.8 Å². The molecular weight excluding hydrogens is 624 g/mol. The van der Waals surface area contributed by atoms with E-state index in [1.54, 1.807) is 40.6 Å². The minimum absolute atomic E-state index is 0.0796.